The number of aliphatic hydroxyl groups excluding tert-OH is 1. The van der Waals surface area contributed by atoms with Crippen LogP contribution in [0.25, 0.3) is 0 Å². The highest BCUT2D eigenvalue weighted by atomic mass is 16.3. The molecule has 1 aliphatic rings. The molecule has 0 heterocycles. The van der Waals surface area contributed by atoms with Gasteiger partial charge in [-0.2, -0.15) is 0 Å². The van der Waals surface area contributed by atoms with Crippen LogP contribution < -0.4 is 0 Å². The first-order valence-corrected chi connectivity index (χ1v) is 5.55. The molecule has 0 radical (unpaired) electrons. The molecule has 2 atom stereocenters. The van der Waals surface area contributed by atoms with E-state index in [0.29, 0.717) is 5.92 Å². The maximum Gasteiger partial charge on any atom is 0.120 e. The molecule has 0 aromatic heterocycles. The summed E-state index contributed by atoms with van der Waals surface area (Å²) in [5.41, 5.74) is 0. The first kappa shape index (κ1) is 11.3. The maximum atomic E-state index is 9.60. The first-order valence-electron chi connectivity index (χ1n) is 5.55. The van der Waals surface area contributed by atoms with Crippen LogP contribution in [0.4, 0.5) is 0 Å². The number of aliphatic hydroxyl groups is 1. The third-order valence-electron chi connectivity index (χ3n) is 2.91. The van der Waals surface area contributed by atoms with E-state index in [1.54, 1.807) is 6.08 Å². The van der Waals surface area contributed by atoms with Gasteiger partial charge in [-0.25, -0.2) is 0 Å². The molecule has 0 aliphatic heterocycles. The van der Waals surface area contributed by atoms with Crippen LogP contribution in [0.15, 0.2) is 12.7 Å². The minimum Gasteiger partial charge on any atom is -0.380 e. The number of hydrogen-bond acceptors (Lipinski definition) is 1. The standard InChI is InChI=1S/C13H20O/c1-3-11(2)13(14)10-9-12-7-5-4-6-8-12/h3,11-14H,1,4-8H2,2H3/t11-,13+/m0/s1. The summed E-state index contributed by atoms with van der Waals surface area (Å²) in [5, 5.41) is 9.60. The predicted molar refractivity (Wildman–Crippen MR) is 59.7 cm³/mol. The van der Waals surface area contributed by atoms with Crippen molar-refractivity contribution >= 4 is 0 Å². The Morgan fingerprint density at radius 2 is 2.00 bits per heavy atom. The molecule has 78 valence electrons. The van der Waals surface area contributed by atoms with Crippen molar-refractivity contribution in [1.82, 2.24) is 0 Å². The van der Waals surface area contributed by atoms with Gasteiger partial charge in [-0.15, -0.1) is 6.58 Å². The summed E-state index contributed by atoms with van der Waals surface area (Å²) in [6, 6.07) is 0. The van der Waals surface area contributed by atoms with Crippen LogP contribution in [0, 0.1) is 23.7 Å². The third-order valence-corrected chi connectivity index (χ3v) is 2.91. The average Bonchev–Trinajstić information content (AvgIpc) is 2.26. The van der Waals surface area contributed by atoms with Gasteiger partial charge in [-0.05, 0) is 12.8 Å². The Bertz CT molecular complexity index is 227. The minimum absolute atomic E-state index is 0.0751. The van der Waals surface area contributed by atoms with Crippen molar-refractivity contribution in [3.63, 3.8) is 0 Å². The molecule has 0 saturated heterocycles. The molecule has 1 N–H and O–H groups in total. The highest BCUT2D eigenvalue weighted by Gasteiger charge is 2.11. The summed E-state index contributed by atoms with van der Waals surface area (Å²) >= 11 is 0. The van der Waals surface area contributed by atoms with Crippen molar-refractivity contribution in [2.24, 2.45) is 11.8 Å². The largest absolute Gasteiger partial charge is 0.380 e. The Labute approximate surface area is 87.2 Å². The third kappa shape index (κ3) is 3.55. The molecule has 0 unspecified atom stereocenters. The molecule has 0 bridgehead atoms. The number of rotatable bonds is 2. The maximum absolute atomic E-state index is 9.60. The summed E-state index contributed by atoms with van der Waals surface area (Å²) in [5.74, 6) is 6.72. The Hall–Kier alpha value is -0.740. The van der Waals surface area contributed by atoms with Crippen molar-refractivity contribution in [3.05, 3.63) is 12.7 Å². The fourth-order valence-corrected chi connectivity index (χ4v) is 1.71. The molecular weight excluding hydrogens is 172 g/mol. The lowest BCUT2D eigenvalue weighted by atomic mass is 9.89. The molecule has 1 nitrogen and oxygen atoms in total. The second-order valence-electron chi connectivity index (χ2n) is 4.16. The molecule has 0 spiro atoms. The highest BCUT2D eigenvalue weighted by Crippen LogP contribution is 2.22. The smallest absolute Gasteiger partial charge is 0.120 e. The van der Waals surface area contributed by atoms with Gasteiger partial charge in [-0.3, -0.25) is 0 Å². The van der Waals surface area contributed by atoms with Gasteiger partial charge in [-0.1, -0.05) is 44.1 Å². The van der Waals surface area contributed by atoms with Gasteiger partial charge in [0, 0.05) is 11.8 Å². The van der Waals surface area contributed by atoms with Gasteiger partial charge in [0.15, 0.2) is 0 Å². The molecule has 0 amide bonds. The van der Waals surface area contributed by atoms with Gasteiger partial charge < -0.3 is 5.11 Å². The van der Waals surface area contributed by atoms with E-state index in [9.17, 15) is 5.11 Å². The van der Waals surface area contributed by atoms with Gasteiger partial charge in [0.1, 0.15) is 6.10 Å². The van der Waals surface area contributed by atoms with E-state index in [1.807, 2.05) is 6.92 Å². The summed E-state index contributed by atoms with van der Waals surface area (Å²) in [7, 11) is 0. The van der Waals surface area contributed by atoms with Crippen LogP contribution in [0.2, 0.25) is 0 Å². The second-order valence-corrected chi connectivity index (χ2v) is 4.16. The van der Waals surface area contributed by atoms with E-state index in [1.165, 1.54) is 32.1 Å². The summed E-state index contributed by atoms with van der Waals surface area (Å²) in [6.07, 6.45) is 7.59. The molecule has 1 heteroatoms. The summed E-state index contributed by atoms with van der Waals surface area (Å²) < 4.78 is 0. The average molecular weight is 192 g/mol. The molecule has 14 heavy (non-hydrogen) atoms. The van der Waals surface area contributed by atoms with E-state index in [0.717, 1.165) is 0 Å². The van der Waals surface area contributed by atoms with Crippen molar-refractivity contribution in [2.75, 3.05) is 0 Å². The molecule has 1 fully saturated rings. The zero-order valence-electron chi connectivity index (χ0n) is 9.00. The molecule has 0 aromatic rings. The van der Waals surface area contributed by atoms with Crippen LogP contribution in [-0.2, 0) is 0 Å². The first-order chi connectivity index (χ1) is 6.74. The topological polar surface area (TPSA) is 20.2 Å². The Balaban J connectivity index is 2.40. The van der Waals surface area contributed by atoms with E-state index >= 15 is 0 Å². The monoisotopic (exact) mass is 192 g/mol. The lowest BCUT2D eigenvalue weighted by molar-refractivity contribution is 0.194. The van der Waals surface area contributed by atoms with Crippen LogP contribution in [0.3, 0.4) is 0 Å². The fourth-order valence-electron chi connectivity index (χ4n) is 1.71. The van der Waals surface area contributed by atoms with E-state index in [2.05, 4.69) is 18.4 Å². The molecule has 1 aliphatic carbocycles. The second kappa shape index (κ2) is 5.88. The SMILES string of the molecule is C=C[C@H](C)[C@H](O)C#CC1CCCCC1. The van der Waals surface area contributed by atoms with Crippen molar-refractivity contribution in [1.29, 1.82) is 0 Å². The fraction of sp³-hybridized carbons (Fsp3) is 0.692. The Kier molecular flexibility index (Phi) is 4.76. The molecule has 0 aromatic carbocycles. The van der Waals surface area contributed by atoms with Crippen molar-refractivity contribution < 1.29 is 5.11 Å². The van der Waals surface area contributed by atoms with Crippen LogP contribution >= 0.6 is 0 Å². The number of hydrogen-bond donors (Lipinski definition) is 1. The van der Waals surface area contributed by atoms with Gasteiger partial charge in [0.05, 0.1) is 0 Å². The van der Waals surface area contributed by atoms with Crippen molar-refractivity contribution in [3.8, 4) is 11.8 Å². The molecule has 1 saturated carbocycles. The molecular formula is C13H20O. The van der Waals surface area contributed by atoms with E-state index in [4.69, 9.17) is 0 Å². The van der Waals surface area contributed by atoms with Crippen molar-refractivity contribution in [2.45, 2.75) is 45.1 Å². The van der Waals surface area contributed by atoms with E-state index in [-0.39, 0.29) is 5.92 Å². The minimum atomic E-state index is -0.533. The Morgan fingerprint density at radius 1 is 1.36 bits per heavy atom. The summed E-state index contributed by atoms with van der Waals surface area (Å²) in [4.78, 5) is 0. The normalized spacial score (nSPS) is 21.9. The van der Waals surface area contributed by atoms with Crippen LogP contribution in [-0.4, -0.2) is 11.2 Å². The quantitative estimate of drug-likeness (QED) is 0.527. The van der Waals surface area contributed by atoms with Gasteiger partial charge >= 0.3 is 0 Å². The zero-order chi connectivity index (χ0) is 10.4. The predicted octanol–water partition coefficient (Wildman–Crippen LogP) is 2.75. The van der Waals surface area contributed by atoms with Crippen LogP contribution in [0.1, 0.15) is 39.0 Å². The molecule has 1 rings (SSSR count). The lowest BCUT2D eigenvalue weighted by Crippen LogP contribution is -2.13. The van der Waals surface area contributed by atoms with Gasteiger partial charge in [0.2, 0.25) is 0 Å². The van der Waals surface area contributed by atoms with Gasteiger partial charge in [0.25, 0.3) is 0 Å². The Morgan fingerprint density at radius 3 is 2.57 bits per heavy atom. The van der Waals surface area contributed by atoms with E-state index < -0.39 is 6.10 Å². The lowest BCUT2D eigenvalue weighted by Gasteiger charge is -2.16. The zero-order valence-corrected chi connectivity index (χ0v) is 9.00. The highest BCUT2D eigenvalue weighted by molar-refractivity contribution is 5.11. The summed E-state index contributed by atoms with van der Waals surface area (Å²) in [6.45, 7) is 5.59. The van der Waals surface area contributed by atoms with Crippen LogP contribution in [0.5, 0.6) is 0 Å².